The first kappa shape index (κ1) is 18.1. The number of nitrogens with one attached hydrogen (secondary N) is 1. The second-order valence-electron chi connectivity index (χ2n) is 6.22. The maximum Gasteiger partial charge on any atom is 0.307 e. The van der Waals surface area contributed by atoms with Gasteiger partial charge in [0, 0.05) is 24.5 Å². The second kappa shape index (κ2) is 6.20. The van der Waals surface area contributed by atoms with Crippen molar-refractivity contribution in [2.45, 2.75) is 17.4 Å². The Hall–Kier alpha value is -1.75. The van der Waals surface area contributed by atoms with Crippen LogP contribution < -0.4 is 4.72 Å². The van der Waals surface area contributed by atoms with E-state index in [0.717, 1.165) is 5.41 Å². The summed E-state index contributed by atoms with van der Waals surface area (Å²) in [6.45, 7) is 3.75. The first-order chi connectivity index (χ1) is 11.6. The molecule has 0 bridgehead atoms. The van der Waals surface area contributed by atoms with Crippen LogP contribution in [0.25, 0.3) is 0 Å². The summed E-state index contributed by atoms with van der Waals surface area (Å²) in [5.74, 6) is -1.05. The predicted octanol–water partition coefficient (Wildman–Crippen LogP) is -0.00450. The molecule has 136 valence electrons. The molecule has 1 aromatic rings. The lowest BCUT2D eigenvalue weighted by atomic mass is 10.2. The molecule has 1 aromatic carbocycles. The minimum Gasteiger partial charge on any atom is -0.481 e. The molecular formula is C15H18N2O6S2. The molecule has 0 spiro atoms. The number of benzene rings is 1. The Morgan fingerprint density at radius 2 is 1.76 bits per heavy atom. The summed E-state index contributed by atoms with van der Waals surface area (Å²) in [6.07, 6.45) is -0.167. The van der Waals surface area contributed by atoms with E-state index in [9.17, 15) is 21.6 Å². The SMILES string of the molecule is C=CS(=O)(=O)N[C@H]1[C@@H]2CN(S(=O)(=O)c3ccc(CC(=O)O)cc3)C[C@@H]21. The number of hydrogen-bond acceptors (Lipinski definition) is 5. The fourth-order valence-electron chi connectivity index (χ4n) is 3.20. The van der Waals surface area contributed by atoms with Crippen LogP contribution in [0, 0.1) is 11.8 Å². The lowest BCUT2D eigenvalue weighted by Crippen LogP contribution is -2.36. The van der Waals surface area contributed by atoms with Crippen molar-refractivity contribution >= 4 is 26.0 Å². The first-order valence-electron chi connectivity index (χ1n) is 7.60. The molecule has 0 amide bonds. The van der Waals surface area contributed by atoms with Gasteiger partial charge in [-0.15, -0.1) is 0 Å². The number of aliphatic carboxylic acids is 1. The summed E-state index contributed by atoms with van der Waals surface area (Å²) in [6, 6.07) is 5.52. The zero-order valence-electron chi connectivity index (χ0n) is 13.2. The average molecular weight is 386 g/mol. The highest BCUT2D eigenvalue weighted by Crippen LogP contribution is 2.47. The lowest BCUT2D eigenvalue weighted by Gasteiger charge is -2.20. The van der Waals surface area contributed by atoms with Gasteiger partial charge in [-0.05, 0) is 29.5 Å². The molecule has 1 aliphatic carbocycles. The monoisotopic (exact) mass is 386 g/mol. The normalized spacial score (nSPS) is 26.2. The Morgan fingerprint density at radius 3 is 2.24 bits per heavy atom. The van der Waals surface area contributed by atoms with E-state index in [2.05, 4.69) is 11.3 Å². The van der Waals surface area contributed by atoms with E-state index in [0.29, 0.717) is 5.56 Å². The van der Waals surface area contributed by atoms with Crippen LogP contribution in [0.3, 0.4) is 0 Å². The highest BCUT2D eigenvalue weighted by atomic mass is 32.2. The van der Waals surface area contributed by atoms with Crippen LogP contribution in [0.4, 0.5) is 0 Å². The molecule has 1 heterocycles. The van der Waals surface area contributed by atoms with Gasteiger partial charge in [-0.3, -0.25) is 4.79 Å². The number of rotatable bonds is 7. The second-order valence-corrected chi connectivity index (χ2v) is 9.82. The van der Waals surface area contributed by atoms with Gasteiger partial charge in [-0.1, -0.05) is 18.7 Å². The van der Waals surface area contributed by atoms with Gasteiger partial charge in [0.15, 0.2) is 0 Å². The molecule has 25 heavy (non-hydrogen) atoms. The molecule has 1 aliphatic heterocycles. The molecule has 3 atom stereocenters. The van der Waals surface area contributed by atoms with Crippen LogP contribution in [0.2, 0.25) is 0 Å². The van der Waals surface area contributed by atoms with Crippen LogP contribution in [-0.2, 0) is 31.3 Å². The Balaban J connectivity index is 1.66. The predicted molar refractivity (Wildman–Crippen MR) is 89.6 cm³/mol. The van der Waals surface area contributed by atoms with Crippen molar-refractivity contribution in [1.82, 2.24) is 9.03 Å². The third kappa shape index (κ3) is 3.61. The molecular weight excluding hydrogens is 368 g/mol. The van der Waals surface area contributed by atoms with Crippen molar-refractivity contribution in [2.24, 2.45) is 11.8 Å². The lowest BCUT2D eigenvalue weighted by molar-refractivity contribution is -0.136. The summed E-state index contributed by atoms with van der Waals surface area (Å²) >= 11 is 0. The van der Waals surface area contributed by atoms with Crippen LogP contribution >= 0.6 is 0 Å². The van der Waals surface area contributed by atoms with Crippen LogP contribution in [0.1, 0.15) is 5.56 Å². The highest BCUT2D eigenvalue weighted by molar-refractivity contribution is 7.92. The molecule has 0 radical (unpaired) electrons. The third-order valence-corrected chi connectivity index (χ3v) is 7.48. The van der Waals surface area contributed by atoms with E-state index >= 15 is 0 Å². The fourth-order valence-corrected chi connectivity index (χ4v) is 5.54. The van der Waals surface area contributed by atoms with Crippen LogP contribution in [0.5, 0.6) is 0 Å². The number of hydrogen-bond donors (Lipinski definition) is 2. The van der Waals surface area contributed by atoms with Crippen molar-refractivity contribution in [3.63, 3.8) is 0 Å². The Bertz CT molecular complexity index is 896. The van der Waals surface area contributed by atoms with Gasteiger partial charge in [0.25, 0.3) is 0 Å². The molecule has 2 N–H and O–H groups in total. The van der Waals surface area contributed by atoms with Gasteiger partial charge < -0.3 is 5.11 Å². The van der Waals surface area contributed by atoms with Crippen molar-refractivity contribution < 1.29 is 26.7 Å². The molecule has 0 aromatic heterocycles. The zero-order chi connectivity index (χ0) is 18.4. The number of carbonyl (C=O) groups is 1. The van der Waals surface area contributed by atoms with Crippen LogP contribution in [-0.4, -0.2) is 51.3 Å². The van der Waals surface area contributed by atoms with Crippen molar-refractivity contribution in [3.05, 3.63) is 41.8 Å². The first-order valence-corrected chi connectivity index (χ1v) is 10.6. The zero-order valence-corrected chi connectivity index (χ0v) is 14.8. The van der Waals surface area contributed by atoms with Crippen molar-refractivity contribution in [3.8, 4) is 0 Å². The summed E-state index contributed by atoms with van der Waals surface area (Å²) in [5.41, 5.74) is 0.523. The number of carboxylic acids is 1. The molecule has 2 aliphatic rings. The van der Waals surface area contributed by atoms with Gasteiger partial charge in [0.2, 0.25) is 20.0 Å². The summed E-state index contributed by atoms with van der Waals surface area (Å²) in [5, 5.41) is 9.59. The molecule has 2 fully saturated rings. The number of piperidine rings is 1. The maximum atomic E-state index is 12.6. The Morgan fingerprint density at radius 1 is 1.20 bits per heavy atom. The van der Waals surface area contributed by atoms with E-state index in [-0.39, 0.29) is 42.3 Å². The van der Waals surface area contributed by atoms with E-state index in [1.165, 1.54) is 28.6 Å². The third-order valence-electron chi connectivity index (χ3n) is 4.60. The smallest absolute Gasteiger partial charge is 0.307 e. The van der Waals surface area contributed by atoms with Crippen molar-refractivity contribution in [1.29, 1.82) is 0 Å². The van der Waals surface area contributed by atoms with Crippen LogP contribution in [0.15, 0.2) is 41.1 Å². The van der Waals surface area contributed by atoms with Gasteiger partial charge in [-0.2, -0.15) is 4.31 Å². The minimum absolute atomic E-state index is 0.0317. The standard InChI is InChI=1S/C15H18N2O6S2/c1-2-24(20,21)16-15-12-8-17(9-13(12)15)25(22,23)11-5-3-10(4-6-11)7-14(18)19/h2-6,12-13,15-16H,1,7-9H2,(H,18,19)/t12-,13+,15+. The largest absolute Gasteiger partial charge is 0.481 e. The molecule has 8 nitrogen and oxygen atoms in total. The summed E-state index contributed by atoms with van der Waals surface area (Å²) in [4.78, 5) is 10.8. The quantitative estimate of drug-likeness (QED) is 0.680. The summed E-state index contributed by atoms with van der Waals surface area (Å²) in [7, 11) is -7.19. The topological polar surface area (TPSA) is 121 Å². The molecule has 1 saturated carbocycles. The number of carboxylic acid groups (broad SMARTS) is 1. The van der Waals surface area contributed by atoms with E-state index in [1.807, 2.05) is 0 Å². The van der Waals surface area contributed by atoms with Gasteiger partial charge in [-0.25, -0.2) is 21.6 Å². The highest BCUT2D eigenvalue weighted by Gasteiger charge is 2.59. The minimum atomic E-state index is -3.67. The number of nitrogens with zero attached hydrogens (tertiary/aromatic N) is 1. The maximum absolute atomic E-state index is 12.6. The van der Waals surface area contributed by atoms with Gasteiger partial charge >= 0.3 is 5.97 Å². The fraction of sp³-hybridized carbons (Fsp3) is 0.400. The average Bonchev–Trinajstić information content (AvgIpc) is 2.96. The van der Waals surface area contributed by atoms with E-state index < -0.39 is 26.0 Å². The van der Waals surface area contributed by atoms with Gasteiger partial charge in [0.1, 0.15) is 0 Å². The Labute approximate surface area is 146 Å². The van der Waals surface area contributed by atoms with E-state index in [1.54, 1.807) is 0 Å². The molecule has 10 heteroatoms. The number of fused-ring (bicyclic) bond motifs is 1. The van der Waals surface area contributed by atoms with Crippen molar-refractivity contribution in [2.75, 3.05) is 13.1 Å². The number of sulfonamides is 2. The van der Waals surface area contributed by atoms with Gasteiger partial charge in [0.05, 0.1) is 11.3 Å². The Kier molecular flexibility index (Phi) is 4.48. The van der Waals surface area contributed by atoms with E-state index in [4.69, 9.17) is 5.11 Å². The molecule has 3 rings (SSSR count). The molecule has 1 saturated heterocycles. The molecule has 0 unspecified atom stereocenters. The summed E-state index contributed by atoms with van der Waals surface area (Å²) < 4.78 is 52.1.